The zero-order chi connectivity index (χ0) is 30.4. The Morgan fingerprint density at radius 2 is 1.79 bits per heavy atom. The third-order valence-electron chi connectivity index (χ3n) is 9.21. The molecule has 0 radical (unpaired) electrons. The molecule has 2 heterocycles. The van der Waals surface area contributed by atoms with Crippen molar-refractivity contribution in [1.29, 1.82) is 5.26 Å². The van der Waals surface area contributed by atoms with Crippen LogP contribution in [0.3, 0.4) is 0 Å². The Balaban J connectivity index is 1.10. The third-order valence-corrected chi connectivity index (χ3v) is 9.58. The molecule has 43 heavy (non-hydrogen) atoms. The summed E-state index contributed by atoms with van der Waals surface area (Å²) in [5.74, 6) is 3.56. The van der Waals surface area contributed by atoms with E-state index in [4.69, 9.17) is 16.3 Å². The summed E-state index contributed by atoms with van der Waals surface area (Å²) < 4.78 is 5.56. The Morgan fingerprint density at radius 1 is 1.07 bits per heavy atom. The summed E-state index contributed by atoms with van der Waals surface area (Å²) in [6.07, 6.45) is 9.67. The predicted molar refractivity (Wildman–Crippen MR) is 170 cm³/mol. The van der Waals surface area contributed by atoms with Crippen molar-refractivity contribution in [3.05, 3.63) is 46.6 Å². The number of ether oxygens (including phenoxy) is 1. The van der Waals surface area contributed by atoms with Gasteiger partial charge < -0.3 is 25.6 Å². The van der Waals surface area contributed by atoms with Crippen molar-refractivity contribution in [2.45, 2.75) is 83.9 Å². The Hall–Kier alpha value is -3.09. The maximum absolute atomic E-state index is 12.4. The van der Waals surface area contributed by atoms with Gasteiger partial charge in [0.25, 0.3) is 0 Å². The lowest BCUT2D eigenvalue weighted by atomic mass is 9.64. The summed E-state index contributed by atoms with van der Waals surface area (Å²) in [5.41, 5.74) is 0.971. The van der Waals surface area contributed by atoms with Crippen molar-refractivity contribution < 1.29 is 9.53 Å². The fourth-order valence-corrected chi connectivity index (χ4v) is 7.26. The van der Waals surface area contributed by atoms with Gasteiger partial charge in [-0.05, 0) is 101 Å². The van der Waals surface area contributed by atoms with Crippen LogP contribution in [0.4, 0.5) is 16.6 Å². The molecule has 4 atom stereocenters. The van der Waals surface area contributed by atoms with Crippen molar-refractivity contribution in [2.24, 2.45) is 23.7 Å². The number of carbonyl (C=O) groups is 1. The summed E-state index contributed by atoms with van der Waals surface area (Å²) in [4.78, 5) is 23.3. The zero-order valence-corrected chi connectivity index (χ0v) is 26.5. The number of aromatic nitrogens is 2. The molecule has 1 aliphatic heterocycles. The fourth-order valence-electron chi connectivity index (χ4n) is 7.06. The van der Waals surface area contributed by atoms with Crippen LogP contribution in [0.15, 0.2) is 30.5 Å². The number of hydrogen-bond donors (Lipinski definition) is 3. The molecule has 1 unspecified atom stereocenters. The Kier molecular flexibility index (Phi) is 10.3. The first-order valence-corrected chi connectivity index (χ1v) is 16.3. The predicted octanol–water partition coefficient (Wildman–Crippen LogP) is 6.46. The van der Waals surface area contributed by atoms with Gasteiger partial charge in [-0.2, -0.15) is 10.2 Å². The first-order valence-electron chi connectivity index (χ1n) is 15.9. The van der Waals surface area contributed by atoms with Gasteiger partial charge in [-0.15, -0.1) is 0 Å². The molecule has 2 bridgehead atoms. The van der Waals surface area contributed by atoms with Crippen LogP contribution >= 0.6 is 11.6 Å². The lowest BCUT2D eigenvalue weighted by molar-refractivity contribution is 0.0176. The van der Waals surface area contributed by atoms with Crippen LogP contribution in [0, 0.1) is 35.0 Å². The summed E-state index contributed by atoms with van der Waals surface area (Å²) in [6, 6.07) is 10.5. The number of hydrogen-bond acceptors (Lipinski definition) is 8. The van der Waals surface area contributed by atoms with Crippen LogP contribution in [0.25, 0.3) is 0 Å². The van der Waals surface area contributed by atoms with E-state index >= 15 is 0 Å². The number of halogens is 1. The van der Waals surface area contributed by atoms with Crippen LogP contribution in [0.2, 0.25) is 5.02 Å². The molecule has 2 aliphatic carbocycles. The first-order chi connectivity index (χ1) is 20.7. The molecule has 1 aromatic carbocycles. The number of anilines is 2. The fraction of sp³-hybridized carbons (Fsp3) is 0.636. The van der Waals surface area contributed by atoms with Crippen LogP contribution in [-0.4, -0.2) is 58.8 Å². The highest BCUT2D eigenvalue weighted by molar-refractivity contribution is 6.31. The standard InChI is InChI=1S/C33H46ClN7O2/c1-33(2,3)43-32(42)41-13-11-22(12-14-41)18-36-29-24-8-6-9-25(29)16-23(15-24)19-37-30-27(17-35)21-39-31(40-30)38-20-26-7-4-5-10-28(26)34/h4-5,7,10,21-25,29,36H,6,8-9,11-16,18-20H2,1-3H3,(H2,37,38,39,40)/t23?,24-,25+,29-. The molecule has 1 saturated heterocycles. The van der Waals surface area contributed by atoms with E-state index in [0.717, 1.165) is 44.6 Å². The third kappa shape index (κ3) is 8.51. The van der Waals surface area contributed by atoms with Crippen LogP contribution < -0.4 is 16.0 Å². The molecule has 10 heteroatoms. The van der Waals surface area contributed by atoms with Gasteiger partial charge in [-0.1, -0.05) is 36.2 Å². The second-order valence-electron chi connectivity index (χ2n) is 13.5. The molecule has 0 spiro atoms. The highest BCUT2D eigenvalue weighted by atomic mass is 35.5. The number of nitrogens with zero attached hydrogens (tertiary/aromatic N) is 4. The lowest BCUT2D eigenvalue weighted by Crippen LogP contribution is -2.52. The largest absolute Gasteiger partial charge is 0.444 e. The molecular formula is C33H46ClN7O2. The van der Waals surface area contributed by atoms with Gasteiger partial charge in [0.2, 0.25) is 5.95 Å². The second-order valence-corrected chi connectivity index (χ2v) is 13.9. The number of rotatable bonds is 9. The smallest absolute Gasteiger partial charge is 0.410 e. The summed E-state index contributed by atoms with van der Waals surface area (Å²) in [6.45, 7) is 9.64. The number of benzene rings is 1. The average molecular weight is 608 g/mol. The number of nitrogens with one attached hydrogen (secondary N) is 3. The Bertz CT molecular complexity index is 1270. The molecule has 3 aliphatic rings. The van der Waals surface area contributed by atoms with Crippen molar-refractivity contribution >= 4 is 29.5 Å². The van der Waals surface area contributed by atoms with E-state index in [0.29, 0.717) is 58.6 Å². The molecule has 232 valence electrons. The number of fused-ring (bicyclic) bond motifs is 2. The monoisotopic (exact) mass is 607 g/mol. The number of nitriles is 1. The molecule has 2 saturated carbocycles. The minimum Gasteiger partial charge on any atom is -0.444 e. The van der Waals surface area contributed by atoms with Crippen molar-refractivity contribution in [3.8, 4) is 6.07 Å². The second kappa shape index (κ2) is 14.1. The molecule has 3 fully saturated rings. The van der Waals surface area contributed by atoms with Gasteiger partial charge in [0.15, 0.2) is 0 Å². The number of carbonyl (C=O) groups excluding carboxylic acids is 1. The molecular weight excluding hydrogens is 562 g/mol. The zero-order valence-electron chi connectivity index (χ0n) is 25.7. The maximum atomic E-state index is 12.4. The van der Waals surface area contributed by atoms with Gasteiger partial charge >= 0.3 is 6.09 Å². The topological polar surface area (TPSA) is 115 Å². The Morgan fingerprint density at radius 3 is 2.47 bits per heavy atom. The molecule has 9 nitrogen and oxygen atoms in total. The van der Waals surface area contributed by atoms with Crippen molar-refractivity contribution in [1.82, 2.24) is 20.2 Å². The van der Waals surface area contributed by atoms with Crippen molar-refractivity contribution in [3.63, 3.8) is 0 Å². The van der Waals surface area contributed by atoms with E-state index in [1.165, 1.54) is 32.1 Å². The van der Waals surface area contributed by atoms with E-state index in [2.05, 4.69) is 32.0 Å². The van der Waals surface area contributed by atoms with E-state index < -0.39 is 5.60 Å². The van der Waals surface area contributed by atoms with Gasteiger partial charge in [0.05, 0.1) is 6.20 Å². The number of piperidine rings is 1. The Labute approximate surface area is 261 Å². The number of likely N-dealkylation sites (tertiary alicyclic amines) is 1. The van der Waals surface area contributed by atoms with Crippen molar-refractivity contribution in [2.75, 3.05) is 36.8 Å². The van der Waals surface area contributed by atoms with Gasteiger partial charge in [0.1, 0.15) is 23.1 Å². The van der Waals surface area contributed by atoms with Gasteiger partial charge in [-0.25, -0.2) is 9.78 Å². The summed E-state index contributed by atoms with van der Waals surface area (Å²) in [5, 5.41) is 21.1. The highest BCUT2D eigenvalue weighted by Gasteiger charge is 2.40. The summed E-state index contributed by atoms with van der Waals surface area (Å²) in [7, 11) is 0. The molecule has 5 rings (SSSR count). The molecule has 1 aromatic heterocycles. The van der Waals surface area contributed by atoms with E-state index in [9.17, 15) is 10.1 Å². The van der Waals surface area contributed by atoms with E-state index in [1.54, 1.807) is 6.20 Å². The molecule has 2 aromatic rings. The maximum Gasteiger partial charge on any atom is 0.410 e. The van der Waals surface area contributed by atoms with Crippen LogP contribution in [0.5, 0.6) is 0 Å². The van der Waals surface area contributed by atoms with Crippen LogP contribution in [-0.2, 0) is 11.3 Å². The minimum atomic E-state index is -0.452. The van der Waals surface area contributed by atoms with E-state index in [-0.39, 0.29) is 6.09 Å². The van der Waals surface area contributed by atoms with Crippen LogP contribution in [0.1, 0.15) is 76.8 Å². The average Bonchev–Trinajstić information content (AvgIpc) is 2.98. The first kappa shape index (κ1) is 31.3. The highest BCUT2D eigenvalue weighted by Crippen LogP contribution is 2.43. The summed E-state index contributed by atoms with van der Waals surface area (Å²) >= 11 is 6.29. The normalized spacial score (nSPS) is 24.2. The quantitative estimate of drug-likeness (QED) is 0.298. The molecule has 3 N–H and O–H groups in total. The minimum absolute atomic E-state index is 0.186. The number of amides is 1. The lowest BCUT2D eigenvalue weighted by Gasteiger charge is -2.47. The van der Waals surface area contributed by atoms with Gasteiger partial charge in [0, 0.05) is 37.2 Å². The SMILES string of the molecule is CC(C)(C)OC(=O)N1CCC(CN[C@@H]2[C@@H]3CCC[C@H]2CC(CNc2nc(NCc4ccccc4Cl)ncc2C#N)C3)CC1. The van der Waals surface area contributed by atoms with Gasteiger partial charge in [-0.3, -0.25) is 0 Å². The van der Waals surface area contributed by atoms with E-state index in [1.807, 2.05) is 49.9 Å². The molecule has 1 amide bonds.